The van der Waals surface area contributed by atoms with Crippen LogP contribution in [-0.2, 0) is 0 Å². The zero-order valence-corrected chi connectivity index (χ0v) is 12.4. The maximum atomic E-state index is 5.71. The van der Waals surface area contributed by atoms with E-state index in [-0.39, 0.29) is 0 Å². The number of fused-ring (bicyclic) bond motifs is 1. The van der Waals surface area contributed by atoms with E-state index >= 15 is 0 Å². The van der Waals surface area contributed by atoms with E-state index in [0.29, 0.717) is 12.1 Å². The van der Waals surface area contributed by atoms with Crippen molar-refractivity contribution in [1.29, 1.82) is 0 Å². The van der Waals surface area contributed by atoms with Crippen molar-refractivity contribution in [2.24, 2.45) is 0 Å². The summed E-state index contributed by atoms with van der Waals surface area (Å²) in [5, 5.41) is 3.75. The zero-order valence-electron chi connectivity index (χ0n) is 12.4. The molecule has 0 radical (unpaired) electrons. The van der Waals surface area contributed by atoms with E-state index in [1.54, 1.807) is 0 Å². The molecule has 0 bridgehead atoms. The summed E-state index contributed by atoms with van der Waals surface area (Å²) in [6, 6.07) is 9.30. The van der Waals surface area contributed by atoms with Gasteiger partial charge in [0.1, 0.15) is 5.75 Å². The topological polar surface area (TPSA) is 24.5 Å². The van der Waals surface area contributed by atoms with Crippen LogP contribution in [0, 0.1) is 0 Å². The molecule has 1 heterocycles. The Hall–Kier alpha value is -1.06. The fourth-order valence-electron chi connectivity index (χ4n) is 2.78. The number of para-hydroxylation sites is 1. The molecule has 1 N–H and O–H groups in total. The number of hydrogen-bond acceptors (Lipinski definition) is 3. The highest BCUT2D eigenvalue weighted by atomic mass is 16.5. The Balaban J connectivity index is 1.96. The molecule has 3 nitrogen and oxygen atoms in total. The summed E-state index contributed by atoms with van der Waals surface area (Å²) in [5.74, 6) is 1.04. The highest BCUT2D eigenvalue weighted by Crippen LogP contribution is 2.31. The van der Waals surface area contributed by atoms with Crippen molar-refractivity contribution >= 4 is 0 Å². The van der Waals surface area contributed by atoms with Crippen LogP contribution in [0.15, 0.2) is 24.3 Å². The number of rotatable bonds is 6. The van der Waals surface area contributed by atoms with Gasteiger partial charge in [-0.3, -0.25) is 0 Å². The van der Waals surface area contributed by atoms with Gasteiger partial charge in [0, 0.05) is 30.6 Å². The SMILES string of the molecule is CCN(CC)CC(C)NC1CCOc2ccccc21. The van der Waals surface area contributed by atoms with Crippen LogP contribution in [0.1, 0.15) is 38.8 Å². The minimum Gasteiger partial charge on any atom is -0.493 e. The Morgan fingerprint density at radius 3 is 2.79 bits per heavy atom. The van der Waals surface area contributed by atoms with Crippen molar-refractivity contribution in [3.8, 4) is 5.75 Å². The van der Waals surface area contributed by atoms with Crippen molar-refractivity contribution in [1.82, 2.24) is 10.2 Å². The van der Waals surface area contributed by atoms with Gasteiger partial charge in [0.2, 0.25) is 0 Å². The van der Waals surface area contributed by atoms with Crippen LogP contribution in [0.4, 0.5) is 0 Å². The summed E-state index contributed by atoms with van der Waals surface area (Å²) >= 11 is 0. The number of nitrogens with one attached hydrogen (secondary N) is 1. The van der Waals surface area contributed by atoms with Gasteiger partial charge in [-0.1, -0.05) is 32.0 Å². The van der Waals surface area contributed by atoms with E-state index in [9.17, 15) is 0 Å². The van der Waals surface area contributed by atoms with Gasteiger partial charge in [0.25, 0.3) is 0 Å². The van der Waals surface area contributed by atoms with E-state index in [1.165, 1.54) is 5.56 Å². The molecule has 0 amide bonds. The van der Waals surface area contributed by atoms with Gasteiger partial charge >= 0.3 is 0 Å². The third-order valence-electron chi connectivity index (χ3n) is 3.87. The zero-order chi connectivity index (χ0) is 13.7. The fraction of sp³-hybridized carbons (Fsp3) is 0.625. The highest BCUT2D eigenvalue weighted by molar-refractivity contribution is 5.37. The monoisotopic (exact) mass is 262 g/mol. The third kappa shape index (κ3) is 3.71. The molecule has 2 atom stereocenters. The summed E-state index contributed by atoms with van der Waals surface area (Å²) in [4.78, 5) is 2.46. The van der Waals surface area contributed by atoms with Gasteiger partial charge in [-0.15, -0.1) is 0 Å². The molecule has 0 fully saturated rings. The molecule has 19 heavy (non-hydrogen) atoms. The lowest BCUT2D eigenvalue weighted by atomic mass is 10.00. The molecule has 2 unspecified atom stereocenters. The molecule has 0 aromatic heterocycles. The standard InChI is InChI=1S/C16H26N2O/c1-4-18(5-2)12-13(3)17-15-10-11-19-16-9-7-6-8-14(15)16/h6-9,13,15,17H,4-5,10-12H2,1-3H3. The minimum absolute atomic E-state index is 0.426. The molecule has 106 valence electrons. The summed E-state index contributed by atoms with van der Waals surface area (Å²) < 4.78 is 5.71. The van der Waals surface area contributed by atoms with Crippen LogP contribution in [-0.4, -0.2) is 37.2 Å². The van der Waals surface area contributed by atoms with Gasteiger partial charge in [0.05, 0.1) is 6.61 Å². The number of nitrogens with zero attached hydrogens (tertiary/aromatic N) is 1. The number of likely N-dealkylation sites (N-methyl/N-ethyl adjacent to an activating group) is 1. The van der Waals surface area contributed by atoms with Crippen LogP contribution in [0.3, 0.4) is 0 Å². The average Bonchev–Trinajstić information content (AvgIpc) is 2.45. The average molecular weight is 262 g/mol. The molecule has 1 aromatic carbocycles. The van der Waals surface area contributed by atoms with Gasteiger partial charge in [-0.05, 0) is 26.1 Å². The molecule has 0 spiro atoms. The first-order chi connectivity index (χ1) is 9.24. The second-order valence-corrected chi connectivity index (χ2v) is 5.28. The Morgan fingerprint density at radius 1 is 1.32 bits per heavy atom. The van der Waals surface area contributed by atoms with Crippen LogP contribution in [0.25, 0.3) is 0 Å². The van der Waals surface area contributed by atoms with Gasteiger partial charge < -0.3 is 15.0 Å². The van der Waals surface area contributed by atoms with E-state index in [1.807, 2.05) is 6.07 Å². The molecular weight excluding hydrogens is 236 g/mol. The lowest BCUT2D eigenvalue weighted by Gasteiger charge is -2.31. The van der Waals surface area contributed by atoms with E-state index in [0.717, 1.165) is 38.4 Å². The Kier molecular flexibility index (Phi) is 5.23. The first-order valence-electron chi connectivity index (χ1n) is 7.44. The van der Waals surface area contributed by atoms with Crippen molar-refractivity contribution in [3.63, 3.8) is 0 Å². The normalized spacial score (nSPS) is 19.9. The van der Waals surface area contributed by atoms with Gasteiger partial charge in [-0.2, -0.15) is 0 Å². The van der Waals surface area contributed by atoms with Crippen LogP contribution < -0.4 is 10.1 Å². The Labute approximate surface area is 116 Å². The lowest BCUT2D eigenvalue weighted by molar-refractivity contribution is 0.223. The number of ether oxygens (including phenoxy) is 1. The van der Waals surface area contributed by atoms with Crippen LogP contribution >= 0.6 is 0 Å². The summed E-state index contributed by atoms with van der Waals surface area (Å²) in [6.07, 6.45) is 1.06. The molecule has 0 saturated heterocycles. The summed E-state index contributed by atoms with van der Waals surface area (Å²) in [7, 11) is 0. The predicted octanol–water partition coefficient (Wildman–Crippen LogP) is 2.83. The Morgan fingerprint density at radius 2 is 2.05 bits per heavy atom. The van der Waals surface area contributed by atoms with E-state index in [4.69, 9.17) is 4.74 Å². The second kappa shape index (κ2) is 6.92. The van der Waals surface area contributed by atoms with Crippen molar-refractivity contribution in [3.05, 3.63) is 29.8 Å². The maximum Gasteiger partial charge on any atom is 0.124 e. The van der Waals surface area contributed by atoms with Gasteiger partial charge in [0.15, 0.2) is 0 Å². The molecule has 1 aliphatic heterocycles. The van der Waals surface area contributed by atoms with Crippen LogP contribution in [0.5, 0.6) is 5.75 Å². The quantitative estimate of drug-likeness (QED) is 0.853. The summed E-state index contributed by atoms with van der Waals surface area (Å²) in [6.45, 7) is 10.9. The largest absolute Gasteiger partial charge is 0.493 e. The molecule has 2 rings (SSSR count). The highest BCUT2D eigenvalue weighted by Gasteiger charge is 2.22. The lowest BCUT2D eigenvalue weighted by Crippen LogP contribution is -2.41. The molecular formula is C16H26N2O. The minimum atomic E-state index is 0.426. The van der Waals surface area contributed by atoms with E-state index < -0.39 is 0 Å². The first kappa shape index (κ1) is 14.4. The maximum absolute atomic E-state index is 5.71. The van der Waals surface area contributed by atoms with Crippen molar-refractivity contribution in [2.75, 3.05) is 26.2 Å². The fourth-order valence-corrected chi connectivity index (χ4v) is 2.78. The van der Waals surface area contributed by atoms with Crippen molar-refractivity contribution < 1.29 is 4.74 Å². The molecule has 1 aliphatic rings. The smallest absolute Gasteiger partial charge is 0.124 e. The second-order valence-electron chi connectivity index (χ2n) is 5.28. The third-order valence-corrected chi connectivity index (χ3v) is 3.87. The molecule has 0 saturated carbocycles. The predicted molar refractivity (Wildman–Crippen MR) is 79.7 cm³/mol. The number of benzene rings is 1. The summed E-state index contributed by atoms with van der Waals surface area (Å²) in [5.41, 5.74) is 1.31. The molecule has 3 heteroatoms. The van der Waals surface area contributed by atoms with Crippen molar-refractivity contribution in [2.45, 2.75) is 39.3 Å². The van der Waals surface area contributed by atoms with Gasteiger partial charge in [-0.25, -0.2) is 0 Å². The van der Waals surface area contributed by atoms with E-state index in [2.05, 4.69) is 49.2 Å². The first-order valence-corrected chi connectivity index (χ1v) is 7.44. The molecule has 1 aromatic rings. The molecule has 0 aliphatic carbocycles. The Bertz CT molecular complexity index is 390. The van der Waals surface area contributed by atoms with Crippen LogP contribution in [0.2, 0.25) is 0 Å². The number of hydrogen-bond donors (Lipinski definition) is 1.